The fourth-order valence-electron chi connectivity index (χ4n) is 2.23. The minimum Gasteiger partial charge on any atom is -0.305 e. The molecule has 0 aliphatic rings. The molecule has 0 aliphatic heterocycles. The van der Waals surface area contributed by atoms with Gasteiger partial charge in [0.15, 0.2) is 0 Å². The van der Waals surface area contributed by atoms with Crippen molar-refractivity contribution in [2.75, 3.05) is 24.7 Å². The molecule has 1 heterocycles. The Morgan fingerprint density at radius 2 is 1.83 bits per heavy atom. The molecule has 8 nitrogen and oxygen atoms in total. The van der Waals surface area contributed by atoms with Gasteiger partial charge in [0.2, 0.25) is 23.5 Å². The van der Waals surface area contributed by atoms with Crippen molar-refractivity contribution in [3.05, 3.63) is 35.4 Å². The lowest BCUT2D eigenvalue weighted by Gasteiger charge is -2.23. The molecule has 0 fully saturated rings. The average molecular weight is 317 g/mol. The van der Waals surface area contributed by atoms with E-state index in [0.29, 0.717) is 0 Å². The molecule has 0 saturated heterocycles. The van der Waals surface area contributed by atoms with Gasteiger partial charge in [-0.05, 0) is 36.9 Å². The Bertz CT molecular complexity index is 711. The number of rotatable bonds is 5. The maximum Gasteiger partial charge on any atom is 0.247 e. The highest BCUT2D eigenvalue weighted by atomic mass is 16.6. The number of carbonyl (C=O) groups is 2. The second-order valence-electron chi connectivity index (χ2n) is 5.41. The lowest BCUT2D eigenvalue weighted by molar-refractivity contribution is -0.120. The van der Waals surface area contributed by atoms with Crippen molar-refractivity contribution < 1.29 is 14.2 Å². The SMILES string of the molecule is CC(=O)Nc1nonc1NC(=O)C(c1cccc(C)c1)N(C)C. The average Bonchev–Trinajstić information content (AvgIpc) is 2.84. The van der Waals surface area contributed by atoms with Crippen LogP contribution in [0.15, 0.2) is 28.9 Å². The minimum absolute atomic E-state index is 0.0738. The third-order valence-electron chi connectivity index (χ3n) is 3.15. The number of likely N-dealkylation sites (N-methyl/N-ethyl adjacent to an activating group) is 1. The van der Waals surface area contributed by atoms with Gasteiger partial charge in [-0.2, -0.15) is 0 Å². The van der Waals surface area contributed by atoms with E-state index >= 15 is 0 Å². The molecule has 2 aromatic rings. The van der Waals surface area contributed by atoms with Crippen molar-refractivity contribution in [2.45, 2.75) is 19.9 Å². The first-order valence-corrected chi connectivity index (χ1v) is 7.02. The van der Waals surface area contributed by atoms with Gasteiger partial charge in [0.05, 0.1) is 0 Å². The molecule has 8 heteroatoms. The van der Waals surface area contributed by atoms with Gasteiger partial charge in [0, 0.05) is 6.92 Å². The topological polar surface area (TPSA) is 100 Å². The maximum atomic E-state index is 12.6. The van der Waals surface area contributed by atoms with Gasteiger partial charge in [0.1, 0.15) is 6.04 Å². The van der Waals surface area contributed by atoms with Crippen LogP contribution >= 0.6 is 0 Å². The third-order valence-corrected chi connectivity index (χ3v) is 3.15. The number of hydrogen-bond acceptors (Lipinski definition) is 6. The van der Waals surface area contributed by atoms with E-state index in [0.717, 1.165) is 11.1 Å². The van der Waals surface area contributed by atoms with Crippen LogP contribution in [0.25, 0.3) is 0 Å². The quantitative estimate of drug-likeness (QED) is 0.868. The van der Waals surface area contributed by atoms with Crippen LogP contribution in [0, 0.1) is 6.92 Å². The molecular formula is C15H19N5O3. The number of carbonyl (C=O) groups excluding carboxylic acids is 2. The number of nitrogens with zero attached hydrogens (tertiary/aromatic N) is 3. The zero-order valence-corrected chi connectivity index (χ0v) is 13.5. The van der Waals surface area contributed by atoms with Crippen LogP contribution in [-0.4, -0.2) is 41.1 Å². The second-order valence-corrected chi connectivity index (χ2v) is 5.41. The molecule has 0 saturated carbocycles. The minimum atomic E-state index is -0.517. The Balaban J connectivity index is 2.23. The van der Waals surface area contributed by atoms with E-state index < -0.39 is 6.04 Å². The molecule has 2 rings (SSSR count). The van der Waals surface area contributed by atoms with Crippen LogP contribution in [0.4, 0.5) is 11.6 Å². The molecule has 0 radical (unpaired) electrons. The van der Waals surface area contributed by atoms with Crippen molar-refractivity contribution in [1.29, 1.82) is 0 Å². The van der Waals surface area contributed by atoms with Crippen molar-refractivity contribution in [1.82, 2.24) is 15.2 Å². The Morgan fingerprint density at radius 1 is 1.17 bits per heavy atom. The molecule has 122 valence electrons. The molecule has 2 amide bonds. The Morgan fingerprint density at radius 3 is 2.39 bits per heavy atom. The molecule has 1 aromatic heterocycles. The van der Waals surface area contributed by atoms with E-state index in [4.69, 9.17) is 0 Å². The highest BCUT2D eigenvalue weighted by molar-refractivity contribution is 5.99. The largest absolute Gasteiger partial charge is 0.305 e. The first kappa shape index (κ1) is 16.6. The zero-order chi connectivity index (χ0) is 17.0. The first-order valence-electron chi connectivity index (χ1n) is 7.02. The van der Waals surface area contributed by atoms with Gasteiger partial charge in [0.25, 0.3) is 0 Å². The van der Waals surface area contributed by atoms with Crippen molar-refractivity contribution >= 4 is 23.5 Å². The Hall–Kier alpha value is -2.74. The van der Waals surface area contributed by atoms with Crippen LogP contribution in [0.3, 0.4) is 0 Å². The summed E-state index contributed by atoms with van der Waals surface area (Å²) in [6.45, 7) is 3.29. The molecular weight excluding hydrogens is 298 g/mol. The summed E-state index contributed by atoms with van der Waals surface area (Å²) in [4.78, 5) is 25.5. The summed E-state index contributed by atoms with van der Waals surface area (Å²) in [6.07, 6.45) is 0. The van der Waals surface area contributed by atoms with Crippen LogP contribution < -0.4 is 10.6 Å². The smallest absolute Gasteiger partial charge is 0.247 e. The lowest BCUT2D eigenvalue weighted by Crippen LogP contribution is -2.32. The number of amides is 2. The number of aryl methyl sites for hydroxylation is 1. The lowest BCUT2D eigenvalue weighted by atomic mass is 10.0. The van der Waals surface area contributed by atoms with Gasteiger partial charge in [-0.1, -0.05) is 29.8 Å². The van der Waals surface area contributed by atoms with Crippen LogP contribution in [0.5, 0.6) is 0 Å². The monoisotopic (exact) mass is 317 g/mol. The van der Waals surface area contributed by atoms with Crippen molar-refractivity contribution in [3.8, 4) is 0 Å². The highest BCUT2D eigenvalue weighted by Gasteiger charge is 2.25. The first-order chi connectivity index (χ1) is 10.9. The van der Waals surface area contributed by atoms with E-state index in [9.17, 15) is 9.59 Å². The van der Waals surface area contributed by atoms with Crippen molar-refractivity contribution in [2.24, 2.45) is 0 Å². The van der Waals surface area contributed by atoms with Gasteiger partial charge in [-0.15, -0.1) is 0 Å². The summed E-state index contributed by atoms with van der Waals surface area (Å²) in [5, 5.41) is 12.2. The predicted octanol–water partition coefficient (Wildman–Crippen LogP) is 1.58. The maximum absolute atomic E-state index is 12.6. The van der Waals surface area contributed by atoms with Crippen LogP contribution in [0.2, 0.25) is 0 Å². The predicted molar refractivity (Wildman–Crippen MR) is 84.8 cm³/mol. The number of aromatic nitrogens is 2. The zero-order valence-electron chi connectivity index (χ0n) is 13.5. The molecule has 1 unspecified atom stereocenters. The second kappa shape index (κ2) is 7.01. The standard InChI is InChI=1S/C15H19N5O3/c1-9-6-5-7-11(8-9)12(20(3)4)15(22)17-14-13(16-10(2)21)18-23-19-14/h5-8,12H,1-4H3,(H,16,18,21)(H,17,19,22). The Kier molecular flexibility index (Phi) is 5.07. The van der Waals surface area contributed by atoms with Crippen molar-refractivity contribution in [3.63, 3.8) is 0 Å². The molecule has 23 heavy (non-hydrogen) atoms. The fourth-order valence-corrected chi connectivity index (χ4v) is 2.23. The molecule has 2 N–H and O–H groups in total. The summed E-state index contributed by atoms with van der Waals surface area (Å²) < 4.78 is 4.57. The summed E-state index contributed by atoms with van der Waals surface area (Å²) >= 11 is 0. The Labute approximate surface area is 133 Å². The normalized spacial score (nSPS) is 12.0. The molecule has 0 spiro atoms. The van der Waals surface area contributed by atoms with Gasteiger partial charge in [-0.3, -0.25) is 14.5 Å². The van der Waals surface area contributed by atoms with Gasteiger partial charge >= 0.3 is 0 Å². The van der Waals surface area contributed by atoms with Crippen LogP contribution in [0.1, 0.15) is 24.1 Å². The summed E-state index contributed by atoms with van der Waals surface area (Å²) in [6, 6.07) is 7.17. The summed E-state index contributed by atoms with van der Waals surface area (Å²) in [7, 11) is 3.62. The van der Waals surface area contributed by atoms with E-state index in [1.54, 1.807) is 4.90 Å². The number of nitrogens with one attached hydrogen (secondary N) is 2. The van der Waals surface area contributed by atoms with E-state index in [1.807, 2.05) is 45.3 Å². The summed E-state index contributed by atoms with van der Waals surface area (Å²) in [5.41, 5.74) is 1.91. The number of benzene rings is 1. The fraction of sp³-hybridized carbons (Fsp3) is 0.333. The molecule has 0 bridgehead atoms. The van der Waals surface area contributed by atoms with Gasteiger partial charge in [-0.25, -0.2) is 4.63 Å². The van der Waals surface area contributed by atoms with E-state index in [-0.39, 0.29) is 23.5 Å². The van der Waals surface area contributed by atoms with E-state index in [1.165, 1.54) is 6.92 Å². The van der Waals surface area contributed by atoms with Gasteiger partial charge < -0.3 is 10.6 Å². The highest BCUT2D eigenvalue weighted by Crippen LogP contribution is 2.23. The molecule has 1 aromatic carbocycles. The number of hydrogen-bond donors (Lipinski definition) is 2. The molecule has 0 aliphatic carbocycles. The van der Waals surface area contributed by atoms with Crippen LogP contribution in [-0.2, 0) is 9.59 Å². The number of anilines is 2. The summed E-state index contributed by atoms with van der Waals surface area (Å²) in [5.74, 6) is -0.487. The molecule has 1 atom stereocenters. The third kappa shape index (κ3) is 4.13. The van der Waals surface area contributed by atoms with E-state index in [2.05, 4.69) is 25.6 Å².